The maximum atomic E-state index is 13.6. The van der Waals surface area contributed by atoms with Crippen molar-refractivity contribution in [1.82, 2.24) is 14.9 Å². The lowest BCUT2D eigenvalue weighted by molar-refractivity contribution is -0.385. The fraction of sp³-hybridized carbons (Fsp3) is 0.478. The third kappa shape index (κ3) is 4.52. The molecular weight excluding hydrogens is 497 g/mol. The van der Waals surface area contributed by atoms with E-state index in [4.69, 9.17) is 16.3 Å². The summed E-state index contributed by atoms with van der Waals surface area (Å²) in [6.45, 7) is -1.15. The van der Waals surface area contributed by atoms with Crippen molar-refractivity contribution in [2.75, 3.05) is 38.3 Å². The van der Waals surface area contributed by atoms with E-state index in [1.54, 1.807) is 6.07 Å². The molecular formula is C23H25ClFN5O6. The van der Waals surface area contributed by atoms with Crippen LogP contribution >= 0.6 is 11.6 Å². The molecule has 1 aliphatic carbocycles. The van der Waals surface area contributed by atoms with Crippen LogP contribution in [0.2, 0.25) is 5.28 Å². The van der Waals surface area contributed by atoms with Gasteiger partial charge in [0.25, 0.3) is 0 Å². The van der Waals surface area contributed by atoms with Crippen molar-refractivity contribution in [1.29, 1.82) is 0 Å². The number of hydrogen-bond acceptors (Lipinski definition) is 8. The predicted octanol–water partition coefficient (Wildman–Crippen LogP) is 3.17. The number of piperazine rings is 1. The van der Waals surface area contributed by atoms with Crippen molar-refractivity contribution in [3.63, 3.8) is 0 Å². The SMILES string of the molecule is COC(=O)C1(Cc2nc(Cl)nc(N3CCN(C(=O)O)C(CF)C3)c2[N+](=O)[O-])CCCc2ccccc21. The highest BCUT2D eigenvalue weighted by molar-refractivity contribution is 6.28. The van der Waals surface area contributed by atoms with E-state index in [-0.39, 0.29) is 42.9 Å². The number of ether oxygens (including phenoxy) is 1. The summed E-state index contributed by atoms with van der Waals surface area (Å²) >= 11 is 6.21. The van der Waals surface area contributed by atoms with Gasteiger partial charge in [0.05, 0.1) is 23.5 Å². The molecule has 0 radical (unpaired) electrons. The molecule has 192 valence electrons. The molecule has 2 heterocycles. The summed E-state index contributed by atoms with van der Waals surface area (Å²) in [7, 11) is 1.27. The Morgan fingerprint density at radius 3 is 2.75 bits per heavy atom. The van der Waals surface area contributed by atoms with E-state index in [0.717, 1.165) is 22.4 Å². The van der Waals surface area contributed by atoms with Crippen molar-refractivity contribution in [3.05, 3.63) is 56.5 Å². The molecule has 2 aromatic rings. The van der Waals surface area contributed by atoms with Crippen molar-refractivity contribution < 1.29 is 28.7 Å². The lowest BCUT2D eigenvalue weighted by atomic mass is 9.67. The minimum atomic E-state index is -1.27. The number of carbonyl (C=O) groups is 2. The Morgan fingerprint density at radius 2 is 2.08 bits per heavy atom. The molecule has 2 unspecified atom stereocenters. The number of rotatable bonds is 6. The standard InChI is InChI=1S/C23H25ClFN5O6/c1-36-20(31)23(8-4-6-14-5-2-3-7-16(14)23)11-17-18(30(34)35)19(27-21(24)26-17)28-9-10-29(22(32)33)15(12-25)13-28/h2-3,5,7,15H,4,6,8-13H2,1H3,(H,32,33). The van der Waals surface area contributed by atoms with Gasteiger partial charge in [-0.05, 0) is 42.0 Å². The van der Waals surface area contributed by atoms with Crippen LogP contribution in [0.5, 0.6) is 0 Å². The van der Waals surface area contributed by atoms with Crippen LogP contribution < -0.4 is 4.90 Å². The minimum Gasteiger partial charge on any atom is -0.468 e. The van der Waals surface area contributed by atoms with Crippen LogP contribution in [0, 0.1) is 10.1 Å². The fourth-order valence-electron chi connectivity index (χ4n) is 5.29. The summed E-state index contributed by atoms with van der Waals surface area (Å²) in [6.07, 6.45) is 0.395. The molecule has 0 spiro atoms. The monoisotopic (exact) mass is 521 g/mol. The van der Waals surface area contributed by atoms with Crippen LogP contribution in [-0.2, 0) is 27.8 Å². The summed E-state index contributed by atoms with van der Waals surface area (Å²) in [5.41, 5.74) is -0.0389. The molecule has 0 saturated carbocycles. The summed E-state index contributed by atoms with van der Waals surface area (Å²) < 4.78 is 18.8. The first-order valence-corrected chi connectivity index (χ1v) is 11.8. The number of amides is 1. The normalized spacial score (nSPS) is 21.6. The van der Waals surface area contributed by atoms with Gasteiger partial charge in [0.2, 0.25) is 11.1 Å². The highest BCUT2D eigenvalue weighted by atomic mass is 35.5. The molecule has 2 aliphatic rings. The number of aromatic nitrogens is 2. The number of aryl methyl sites for hydroxylation is 1. The maximum Gasteiger partial charge on any atom is 0.407 e. The highest BCUT2D eigenvalue weighted by Gasteiger charge is 2.47. The number of nitro groups is 1. The summed E-state index contributed by atoms with van der Waals surface area (Å²) in [4.78, 5) is 47.0. The zero-order valence-electron chi connectivity index (χ0n) is 19.5. The van der Waals surface area contributed by atoms with Crippen molar-refractivity contribution >= 4 is 35.2 Å². The molecule has 1 saturated heterocycles. The Kier molecular flexibility index (Phi) is 7.25. The van der Waals surface area contributed by atoms with Gasteiger partial charge in [0, 0.05) is 26.1 Å². The molecule has 36 heavy (non-hydrogen) atoms. The Morgan fingerprint density at radius 1 is 1.33 bits per heavy atom. The number of hydrogen-bond donors (Lipinski definition) is 1. The number of alkyl halides is 1. The average Bonchev–Trinajstić information content (AvgIpc) is 2.87. The topological polar surface area (TPSA) is 139 Å². The van der Waals surface area contributed by atoms with E-state index in [1.807, 2.05) is 18.2 Å². The molecule has 0 bridgehead atoms. The number of carboxylic acid groups (broad SMARTS) is 1. The van der Waals surface area contributed by atoms with Crippen molar-refractivity contribution in [2.24, 2.45) is 0 Å². The van der Waals surface area contributed by atoms with Gasteiger partial charge < -0.3 is 14.7 Å². The maximum absolute atomic E-state index is 13.6. The van der Waals surface area contributed by atoms with Gasteiger partial charge in [-0.2, -0.15) is 4.98 Å². The second-order valence-electron chi connectivity index (χ2n) is 8.86. The smallest absolute Gasteiger partial charge is 0.407 e. The van der Waals surface area contributed by atoms with Gasteiger partial charge in [-0.3, -0.25) is 19.8 Å². The second-order valence-corrected chi connectivity index (χ2v) is 9.20. The molecule has 1 N–H and O–H groups in total. The van der Waals surface area contributed by atoms with Gasteiger partial charge in [0.15, 0.2) is 0 Å². The van der Waals surface area contributed by atoms with Crippen molar-refractivity contribution in [2.45, 2.75) is 37.1 Å². The summed E-state index contributed by atoms with van der Waals surface area (Å²) in [5.74, 6) is -0.671. The van der Waals surface area contributed by atoms with Crippen LogP contribution in [0.3, 0.4) is 0 Å². The largest absolute Gasteiger partial charge is 0.468 e. The number of esters is 1. The van der Waals surface area contributed by atoms with E-state index in [1.165, 1.54) is 12.0 Å². The van der Waals surface area contributed by atoms with Crippen molar-refractivity contribution in [3.8, 4) is 0 Å². The van der Waals surface area contributed by atoms with Gasteiger partial charge in [-0.25, -0.2) is 14.2 Å². The first-order valence-electron chi connectivity index (χ1n) is 11.4. The quantitative estimate of drug-likeness (QED) is 0.263. The van der Waals surface area contributed by atoms with Gasteiger partial charge in [-0.1, -0.05) is 24.3 Å². The zero-order chi connectivity index (χ0) is 26.0. The van der Waals surface area contributed by atoms with E-state index in [9.17, 15) is 29.2 Å². The lowest BCUT2D eigenvalue weighted by Crippen LogP contribution is -2.56. The van der Waals surface area contributed by atoms with E-state index < -0.39 is 40.8 Å². The average molecular weight is 522 g/mol. The van der Waals surface area contributed by atoms with Crippen LogP contribution in [-0.4, -0.2) is 76.4 Å². The lowest BCUT2D eigenvalue weighted by Gasteiger charge is -2.39. The van der Waals surface area contributed by atoms with Crippen LogP contribution in [0.4, 0.5) is 20.7 Å². The molecule has 13 heteroatoms. The van der Waals surface area contributed by atoms with Gasteiger partial charge in [-0.15, -0.1) is 0 Å². The first-order chi connectivity index (χ1) is 17.2. The highest BCUT2D eigenvalue weighted by Crippen LogP contribution is 2.43. The first kappa shape index (κ1) is 25.5. The predicted molar refractivity (Wildman–Crippen MR) is 127 cm³/mol. The van der Waals surface area contributed by atoms with Gasteiger partial charge in [0.1, 0.15) is 12.4 Å². The van der Waals surface area contributed by atoms with E-state index in [0.29, 0.717) is 12.8 Å². The molecule has 1 aromatic carbocycles. The number of nitrogens with zero attached hydrogens (tertiary/aromatic N) is 5. The van der Waals surface area contributed by atoms with Crippen LogP contribution in [0.1, 0.15) is 29.7 Å². The number of carbonyl (C=O) groups excluding carboxylic acids is 1. The zero-order valence-corrected chi connectivity index (χ0v) is 20.3. The number of benzene rings is 1. The molecule has 1 amide bonds. The van der Waals surface area contributed by atoms with Crippen LogP contribution in [0.15, 0.2) is 24.3 Å². The molecule has 11 nitrogen and oxygen atoms in total. The van der Waals surface area contributed by atoms with Gasteiger partial charge >= 0.3 is 17.7 Å². The summed E-state index contributed by atoms with van der Waals surface area (Å²) in [5, 5.41) is 21.4. The van der Waals surface area contributed by atoms with Crippen LogP contribution in [0.25, 0.3) is 0 Å². The van der Waals surface area contributed by atoms with E-state index in [2.05, 4.69) is 9.97 Å². The number of anilines is 1. The summed E-state index contributed by atoms with van der Waals surface area (Å²) in [6, 6.07) is 6.37. The molecule has 2 atom stereocenters. The fourth-order valence-corrected chi connectivity index (χ4v) is 5.47. The molecule has 4 rings (SSSR count). The Balaban J connectivity index is 1.81. The minimum absolute atomic E-state index is 0.0431. The molecule has 1 fully saturated rings. The molecule has 1 aromatic heterocycles. The second kappa shape index (κ2) is 10.2. The number of methoxy groups -OCH3 is 1. The van der Waals surface area contributed by atoms with E-state index >= 15 is 0 Å². The Labute approximate surface area is 211 Å². The third-order valence-corrected chi connectivity index (χ3v) is 7.10. The Bertz CT molecular complexity index is 1200. The number of fused-ring (bicyclic) bond motifs is 1. The third-order valence-electron chi connectivity index (χ3n) is 6.93. The molecule has 1 aliphatic heterocycles. The number of halogens is 2. The Hall–Kier alpha value is -3.54.